The van der Waals surface area contributed by atoms with E-state index in [4.69, 9.17) is 0 Å². The highest BCUT2D eigenvalue weighted by molar-refractivity contribution is 6.00. The van der Waals surface area contributed by atoms with Gasteiger partial charge in [-0.25, -0.2) is 4.39 Å². The molecule has 8 nitrogen and oxygen atoms in total. The topological polar surface area (TPSA) is 103 Å². The van der Waals surface area contributed by atoms with Gasteiger partial charge in [0, 0.05) is 25.2 Å². The summed E-state index contributed by atoms with van der Waals surface area (Å²) >= 11 is 0. The maximum Gasteiger partial charge on any atom is 0.229 e. The van der Waals surface area contributed by atoms with E-state index in [1.54, 1.807) is 6.07 Å². The molecule has 156 valence electrons. The Kier molecular flexibility index (Phi) is 5.51. The third kappa shape index (κ3) is 4.25. The van der Waals surface area contributed by atoms with Crippen LogP contribution in [0.25, 0.3) is 0 Å². The summed E-state index contributed by atoms with van der Waals surface area (Å²) in [6, 6.07) is 5.53. The maximum absolute atomic E-state index is 13.4. The number of anilines is 1. The van der Waals surface area contributed by atoms with Crippen molar-refractivity contribution in [1.29, 1.82) is 0 Å². The molecule has 3 aliphatic rings. The molecule has 4 rings (SSSR count). The third-order valence-corrected chi connectivity index (χ3v) is 5.92. The molecule has 0 radical (unpaired) electrons. The number of carbonyl (C=O) groups excluding carboxylic acids is 3. The van der Waals surface area contributed by atoms with E-state index in [-0.39, 0.29) is 24.5 Å². The number of carbonyl (C=O) groups is 3. The molecule has 0 saturated carbocycles. The van der Waals surface area contributed by atoms with Crippen LogP contribution in [0.5, 0.6) is 0 Å². The average molecular weight is 403 g/mol. The van der Waals surface area contributed by atoms with E-state index in [9.17, 15) is 18.8 Å². The van der Waals surface area contributed by atoms with E-state index >= 15 is 0 Å². The van der Waals surface area contributed by atoms with Crippen LogP contribution >= 0.6 is 0 Å². The number of hydrogen-bond donors (Lipinski definition) is 4. The van der Waals surface area contributed by atoms with Crippen molar-refractivity contribution in [3.8, 4) is 0 Å². The molecule has 0 bridgehead atoms. The predicted octanol–water partition coefficient (Wildman–Crippen LogP) is 0.578. The number of amides is 3. The van der Waals surface area contributed by atoms with Crippen LogP contribution in [-0.2, 0) is 14.4 Å². The second kappa shape index (κ2) is 8.08. The molecule has 1 aromatic rings. The zero-order chi connectivity index (χ0) is 20.5. The molecule has 5 atom stereocenters. The largest absolute Gasteiger partial charge is 0.340 e. The van der Waals surface area contributed by atoms with Crippen molar-refractivity contribution in [3.05, 3.63) is 30.1 Å². The fourth-order valence-corrected chi connectivity index (χ4v) is 4.52. The standard InChI is InChI=1S/C20H26FN5O3/c1-11-4-3-7-26(10-11)20-24-17-16(19(29)25-20)14(9-15(27)23-17)18(28)22-13-6-2-5-12(21)8-13/h2,5-6,8,11,14,16-17,20,24H,3-4,7,9-10H2,1H3,(H,22,28)(H,23,27)(H,25,29). The van der Waals surface area contributed by atoms with Gasteiger partial charge in [0.15, 0.2) is 0 Å². The Morgan fingerprint density at radius 3 is 2.86 bits per heavy atom. The van der Waals surface area contributed by atoms with Crippen molar-refractivity contribution in [2.45, 2.75) is 38.6 Å². The zero-order valence-electron chi connectivity index (χ0n) is 16.3. The van der Waals surface area contributed by atoms with E-state index < -0.39 is 29.7 Å². The van der Waals surface area contributed by atoms with Gasteiger partial charge in [-0.1, -0.05) is 13.0 Å². The number of nitrogens with one attached hydrogen (secondary N) is 4. The lowest BCUT2D eigenvalue weighted by atomic mass is 9.81. The Hall–Kier alpha value is -2.52. The first kappa shape index (κ1) is 19.8. The van der Waals surface area contributed by atoms with Crippen molar-refractivity contribution in [3.63, 3.8) is 0 Å². The predicted molar refractivity (Wildman–Crippen MR) is 104 cm³/mol. The molecular weight excluding hydrogens is 377 g/mol. The van der Waals surface area contributed by atoms with E-state index in [0.717, 1.165) is 25.9 Å². The first-order chi connectivity index (χ1) is 13.9. The highest BCUT2D eigenvalue weighted by atomic mass is 19.1. The van der Waals surface area contributed by atoms with Gasteiger partial charge in [-0.05, 0) is 37.0 Å². The fraction of sp³-hybridized carbons (Fsp3) is 0.550. The first-order valence-corrected chi connectivity index (χ1v) is 10.1. The van der Waals surface area contributed by atoms with E-state index in [0.29, 0.717) is 11.6 Å². The van der Waals surface area contributed by atoms with Gasteiger partial charge in [0.05, 0.1) is 18.0 Å². The number of fused-ring (bicyclic) bond motifs is 1. The molecule has 0 spiro atoms. The van der Waals surface area contributed by atoms with Crippen LogP contribution in [0.1, 0.15) is 26.2 Å². The molecule has 3 heterocycles. The minimum atomic E-state index is -0.842. The molecule has 1 aromatic carbocycles. The van der Waals surface area contributed by atoms with Gasteiger partial charge in [0.25, 0.3) is 0 Å². The van der Waals surface area contributed by atoms with Crippen molar-refractivity contribution >= 4 is 23.4 Å². The summed E-state index contributed by atoms with van der Waals surface area (Å²) in [5.41, 5.74) is 0.293. The molecule has 3 amide bonds. The molecule has 29 heavy (non-hydrogen) atoms. The maximum atomic E-state index is 13.4. The lowest BCUT2D eigenvalue weighted by Crippen LogP contribution is -2.74. The Labute approximate surface area is 168 Å². The SMILES string of the molecule is CC1CCCN(C2NC(=O)C3C(NC(=O)CC3C(=O)Nc3cccc(F)c3)N2)C1. The first-order valence-electron chi connectivity index (χ1n) is 10.1. The van der Waals surface area contributed by atoms with Crippen LogP contribution in [0.15, 0.2) is 24.3 Å². The number of nitrogens with zero attached hydrogens (tertiary/aromatic N) is 1. The summed E-state index contributed by atoms with van der Waals surface area (Å²) in [5, 5.41) is 11.7. The van der Waals surface area contributed by atoms with Crippen LogP contribution in [0.4, 0.5) is 10.1 Å². The lowest BCUT2D eigenvalue weighted by Gasteiger charge is -2.47. The van der Waals surface area contributed by atoms with Crippen LogP contribution in [0.2, 0.25) is 0 Å². The number of benzene rings is 1. The van der Waals surface area contributed by atoms with Gasteiger partial charge in [-0.3, -0.25) is 24.6 Å². The van der Waals surface area contributed by atoms with E-state index in [2.05, 4.69) is 33.1 Å². The summed E-state index contributed by atoms with van der Waals surface area (Å²) in [6.07, 6.45) is 1.10. The number of likely N-dealkylation sites (tertiary alicyclic amines) is 1. The van der Waals surface area contributed by atoms with Gasteiger partial charge >= 0.3 is 0 Å². The molecule has 3 fully saturated rings. The van der Waals surface area contributed by atoms with Crippen LogP contribution in [0.3, 0.4) is 0 Å². The van der Waals surface area contributed by atoms with E-state index in [1.165, 1.54) is 18.2 Å². The van der Waals surface area contributed by atoms with Crippen molar-refractivity contribution in [1.82, 2.24) is 20.9 Å². The second-order valence-electron chi connectivity index (χ2n) is 8.20. The normalized spacial score (nSPS) is 32.7. The van der Waals surface area contributed by atoms with Crippen molar-refractivity contribution in [2.24, 2.45) is 17.8 Å². The minimum absolute atomic E-state index is 0.0944. The second-order valence-corrected chi connectivity index (χ2v) is 8.20. The number of hydrogen-bond acceptors (Lipinski definition) is 5. The lowest BCUT2D eigenvalue weighted by molar-refractivity contribution is -0.148. The van der Waals surface area contributed by atoms with Gasteiger partial charge in [-0.15, -0.1) is 0 Å². The quantitative estimate of drug-likeness (QED) is 0.591. The van der Waals surface area contributed by atoms with Crippen molar-refractivity contribution < 1.29 is 18.8 Å². The summed E-state index contributed by atoms with van der Waals surface area (Å²) < 4.78 is 13.4. The van der Waals surface area contributed by atoms with Crippen molar-refractivity contribution in [2.75, 3.05) is 18.4 Å². The number of rotatable bonds is 3. The zero-order valence-corrected chi connectivity index (χ0v) is 16.3. The molecular formula is C20H26FN5O3. The van der Waals surface area contributed by atoms with Crippen LogP contribution < -0.4 is 21.3 Å². The third-order valence-electron chi connectivity index (χ3n) is 5.92. The Morgan fingerprint density at radius 2 is 2.10 bits per heavy atom. The van der Waals surface area contributed by atoms with Gasteiger partial charge in [-0.2, -0.15) is 0 Å². The average Bonchev–Trinajstić information content (AvgIpc) is 2.67. The molecule has 9 heteroatoms. The van der Waals surface area contributed by atoms with Gasteiger partial charge in [0.2, 0.25) is 17.7 Å². The fourth-order valence-electron chi connectivity index (χ4n) is 4.52. The molecule has 5 unspecified atom stereocenters. The summed E-state index contributed by atoms with van der Waals surface area (Å²) in [6.45, 7) is 3.89. The molecule has 4 N–H and O–H groups in total. The highest BCUT2D eigenvalue weighted by Crippen LogP contribution is 2.29. The van der Waals surface area contributed by atoms with Crippen LogP contribution in [-0.4, -0.2) is 48.2 Å². The molecule has 3 saturated heterocycles. The molecule has 3 aliphatic heterocycles. The Bertz CT molecular complexity index is 819. The Morgan fingerprint density at radius 1 is 1.28 bits per heavy atom. The van der Waals surface area contributed by atoms with Crippen LogP contribution in [0, 0.1) is 23.6 Å². The summed E-state index contributed by atoms with van der Waals surface area (Å²) in [4.78, 5) is 40.1. The van der Waals surface area contributed by atoms with Gasteiger partial charge < -0.3 is 16.0 Å². The number of piperidine rings is 2. The monoisotopic (exact) mass is 403 g/mol. The molecule has 0 aromatic heterocycles. The van der Waals surface area contributed by atoms with Gasteiger partial charge in [0.1, 0.15) is 12.1 Å². The minimum Gasteiger partial charge on any atom is -0.340 e. The molecule has 0 aliphatic carbocycles. The Balaban J connectivity index is 1.49. The summed E-state index contributed by atoms with van der Waals surface area (Å²) in [5.74, 6) is -2.55. The summed E-state index contributed by atoms with van der Waals surface area (Å²) in [7, 11) is 0. The van der Waals surface area contributed by atoms with E-state index in [1.807, 2.05) is 0 Å². The smallest absolute Gasteiger partial charge is 0.229 e. The number of halogens is 1. The highest BCUT2D eigenvalue weighted by Gasteiger charge is 2.49.